The lowest BCUT2D eigenvalue weighted by molar-refractivity contribution is 0.351. The summed E-state index contributed by atoms with van der Waals surface area (Å²) >= 11 is 4.93. The Morgan fingerprint density at radius 2 is 2.00 bits per heavy atom. The van der Waals surface area contributed by atoms with Crippen LogP contribution in [0.25, 0.3) is 0 Å². The summed E-state index contributed by atoms with van der Waals surface area (Å²) in [5.41, 5.74) is 5.59. The normalized spacial score (nSPS) is 17.9. The molecule has 0 bridgehead atoms. The quantitative estimate of drug-likeness (QED) is 0.756. The van der Waals surface area contributed by atoms with Crippen LogP contribution in [0.15, 0.2) is 0 Å². The molecule has 0 aromatic carbocycles. The number of aromatic nitrogens is 3. The molecular formula is C10H16N4S. The third-order valence-corrected chi connectivity index (χ3v) is 3.11. The van der Waals surface area contributed by atoms with Gasteiger partial charge in [0.15, 0.2) is 0 Å². The standard InChI is InChI=1S/C10H16N4S/c11-9-12-8(13-10(15)14-9)6-7-4-2-1-3-5-7/h7H,1-6H2,(H3,11,12,13,14,15). The number of nitrogens with one attached hydrogen (secondary N) is 1. The van der Waals surface area contributed by atoms with Gasteiger partial charge in [-0.15, -0.1) is 0 Å². The monoisotopic (exact) mass is 224 g/mol. The summed E-state index contributed by atoms with van der Waals surface area (Å²) < 4.78 is 0.344. The van der Waals surface area contributed by atoms with Gasteiger partial charge in [0.25, 0.3) is 0 Å². The Balaban J connectivity index is 2.06. The second-order valence-electron chi connectivity index (χ2n) is 4.17. The molecule has 1 aromatic rings. The molecule has 1 aromatic heterocycles. The van der Waals surface area contributed by atoms with Gasteiger partial charge in [-0.05, 0) is 18.1 Å². The fourth-order valence-corrected chi connectivity index (χ4v) is 2.42. The van der Waals surface area contributed by atoms with E-state index < -0.39 is 0 Å². The van der Waals surface area contributed by atoms with Crippen LogP contribution in [0, 0.1) is 10.7 Å². The van der Waals surface area contributed by atoms with Crippen molar-refractivity contribution in [3.8, 4) is 0 Å². The Morgan fingerprint density at radius 3 is 2.67 bits per heavy atom. The van der Waals surface area contributed by atoms with Gasteiger partial charge in [0.05, 0.1) is 0 Å². The highest BCUT2D eigenvalue weighted by Gasteiger charge is 2.15. The number of anilines is 1. The first-order chi connectivity index (χ1) is 7.24. The van der Waals surface area contributed by atoms with Gasteiger partial charge in [0.1, 0.15) is 5.82 Å². The Kier molecular flexibility index (Phi) is 3.30. The van der Waals surface area contributed by atoms with Gasteiger partial charge in [0, 0.05) is 6.42 Å². The molecule has 15 heavy (non-hydrogen) atoms. The summed E-state index contributed by atoms with van der Waals surface area (Å²) in [6.07, 6.45) is 7.60. The van der Waals surface area contributed by atoms with Gasteiger partial charge < -0.3 is 10.7 Å². The van der Waals surface area contributed by atoms with Crippen LogP contribution >= 0.6 is 12.2 Å². The first-order valence-corrected chi connectivity index (χ1v) is 5.87. The van der Waals surface area contributed by atoms with Gasteiger partial charge in [-0.25, -0.2) is 4.98 Å². The average Bonchev–Trinajstić information content (AvgIpc) is 2.17. The number of nitrogen functional groups attached to an aromatic ring is 1. The first-order valence-electron chi connectivity index (χ1n) is 5.47. The molecule has 2 rings (SSSR count). The minimum atomic E-state index is 0.344. The van der Waals surface area contributed by atoms with E-state index in [0.717, 1.165) is 18.2 Å². The molecule has 0 saturated heterocycles. The molecule has 0 aliphatic heterocycles. The molecule has 1 heterocycles. The zero-order valence-corrected chi connectivity index (χ0v) is 9.52. The van der Waals surface area contributed by atoms with E-state index in [4.69, 9.17) is 18.0 Å². The van der Waals surface area contributed by atoms with Gasteiger partial charge in [-0.2, -0.15) is 4.98 Å². The van der Waals surface area contributed by atoms with Crippen molar-refractivity contribution in [3.63, 3.8) is 0 Å². The highest BCUT2D eigenvalue weighted by atomic mass is 32.1. The maximum Gasteiger partial charge on any atom is 0.224 e. The van der Waals surface area contributed by atoms with Crippen molar-refractivity contribution in [2.75, 3.05) is 5.73 Å². The molecule has 3 N–H and O–H groups in total. The third-order valence-electron chi connectivity index (χ3n) is 2.93. The molecular weight excluding hydrogens is 208 g/mol. The zero-order valence-electron chi connectivity index (χ0n) is 8.70. The first kappa shape index (κ1) is 10.5. The van der Waals surface area contributed by atoms with Crippen LogP contribution in [0.4, 0.5) is 5.95 Å². The Hall–Kier alpha value is -0.970. The molecule has 0 unspecified atom stereocenters. The summed E-state index contributed by atoms with van der Waals surface area (Å²) in [7, 11) is 0. The number of nitrogens with two attached hydrogens (primary N) is 1. The van der Waals surface area contributed by atoms with Crippen molar-refractivity contribution in [1.82, 2.24) is 15.0 Å². The molecule has 0 amide bonds. The predicted octanol–water partition coefficient (Wildman–Crippen LogP) is 2.24. The summed E-state index contributed by atoms with van der Waals surface area (Å²) in [6, 6.07) is 0. The molecule has 1 aliphatic carbocycles. The van der Waals surface area contributed by atoms with Gasteiger partial charge >= 0.3 is 0 Å². The Bertz CT molecular complexity index is 381. The van der Waals surface area contributed by atoms with Crippen LogP contribution in [0.5, 0.6) is 0 Å². The van der Waals surface area contributed by atoms with Crippen molar-refractivity contribution >= 4 is 18.2 Å². The summed E-state index contributed by atoms with van der Waals surface area (Å²) in [4.78, 5) is 11.0. The lowest BCUT2D eigenvalue weighted by atomic mass is 9.87. The van der Waals surface area contributed by atoms with Crippen LogP contribution in [-0.4, -0.2) is 15.0 Å². The molecule has 4 nitrogen and oxygen atoms in total. The molecule has 5 heteroatoms. The van der Waals surface area contributed by atoms with E-state index in [0.29, 0.717) is 10.7 Å². The van der Waals surface area contributed by atoms with E-state index in [1.54, 1.807) is 0 Å². The number of nitrogens with zero attached hydrogens (tertiary/aromatic N) is 2. The average molecular weight is 224 g/mol. The molecule has 82 valence electrons. The summed E-state index contributed by atoms with van der Waals surface area (Å²) in [5.74, 6) is 2.00. The summed E-state index contributed by atoms with van der Waals surface area (Å²) in [6.45, 7) is 0. The lowest BCUT2D eigenvalue weighted by Gasteiger charge is -2.20. The van der Waals surface area contributed by atoms with Crippen molar-refractivity contribution in [2.45, 2.75) is 38.5 Å². The van der Waals surface area contributed by atoms with Crippen molar-refractivity contribution in [2.24, 2.45) is 5.92 Å². The minimum absolute atomic E-state index is 0.344. The van der Waals surface area contributed by atoms with Gasteiger partial charge in [0.2, 0.25) is 10.7 Å². The maximum atomic E-state index is 5.59. The van der Waals surface area contributed by atoms with E-state index in [1.165, 1.54) is 32.1 Å². The second kappa shape index (κ2) is 4.70. The molecule has 1 saturated carbocycles. The molecule has 0 spiro atoms. The minimum Gasteiger partial charge on any atom is -0.369 e. The van der Waals surface area contributed by atoms with E-state index in [-0.39, 0.29) is 0 Å². The van der Waals surface area contributed by atoms with Crippen LogP contribution in [0.3, 0.4) is 0 Å². The van der Waals surface area contributed by atoms with Crippen molar-refractivity contribution in [3.05, 3.63) is 10.6 Å². The second-order valence-corrected chi connectivity index (χ2v) is 4.54. The molecule has 0 radical (unpaired) electrons. The number of hydrogen-bond acceptors (Lipinski definition) is 4. The number of aromatic amines is 1. The van der Waals surface area contributed by atoms with Crippen molar-refractivity contribution in [1.29, 1.82) is 0 Å². The van der Waals surface area contributed by atoms with E-state index in [1.807, 2.05) is 0 Å². The fraction of sp³-hybridized carbons (Fsp3) is 0.700. The van der Waals surface area contributed by atoms with E-state index in [2.05, 4.69) is 15.0 Å². The molecule has 1 aliphatic rings. The largest absolute Gasteiger partial charge is 0.369 e. The zero-order chi connectivity index (χ0) is 10.7. The van der Waals surface area contributed by atoms with E-state index >= 15 is 0 Å². The third kappa shape index (κ3) is 2.99. The van der Waals surface area contributed by atoms with Crippen LogP contribution in [-0.2, 0) is 6.42 Å². The molecule has 1 fully saturated rings. The summed E-state index contributed by atoms with van der Waals surface area (Å²) in [5, 5.41) is 0. The maximum absolute atomic E-state index is 5.59. The topological polar surface area (TPSA) is 67.6 Å². The smallest absolute Gasteiger partial charge is 0.224 e. The van der Waals surface area contributed by atoms with Gasteiger partial charge in [-0.1, -0.05) is 32.1 Å². The number of hydrogen-bond donors (Lipinski definition) is 2. The molecule has 0 atom stereocenters. The van der Waals surface area contributed by atoms with Gasteiger partial charge in [-0.3, -0.25) is 0 Å². The highest BCUT2D eigenvalue weighted by Crippen LogP contribution is 2.25. The van der Waals surface area contributed by atoms with Crippen molar-refractivity contribution < 1.29 is 0 Å². The SMILES string of the molecule is Nc1nc(=S)nc(CC2CCCCC2)[nH]1. The number of H-pyrrole nitrogens is 1. The Morgan fingerprint density at radius 1 is 1.27 bits per heavy atom. The highest BCUT2D eigenvalue weighted by molar-refractivity contribution is 7.71. The van der Waals surface area contributed by atoms with Crippen LogP contribution < -0.4 is 5.73 Å². The predicted molar refractivity (Wildman–Crippen MR) is 61.9 cm³/mol. The Labute approximate surface area is 94.3 Å². The van der Waals surface area contributed by atoms with Crippen LogP contribution in [0.1, 0.15) is 37.9 Å². The number of rotatable bonds is 2. The van der Waals surface area contributed by atoms with Crippen LogP contribution in [0.2, 0.25) is 0 Å². The van der Waals surface area contributed by atoms with E-state index in [9.17, 15) is 0 Å². The fourth-order valence-electron chi connectivity index (χ4n) is 2.21. The lowest BCUT2D eigenvalue weighted by Crippen LogP contribution is -2.12.